The molecule has 0 spiro atoms. The van der Waals surface area contributed by atoms with E-state index >= 15 is 0 Å². The summed E-state index contributed by atoms with van der Waals surface area (Å²) in [6.07, 6.45) is 12.9. The molecule has 0 amide bonds. The van der Waals surface area contributed by atoms with Crippen molar-refractivity contribution in [2.75, 3.05) is 6.61 Å². The Bertz CT molecular complexity index is 254. The number of nitrogens with one attached hydrogen (secondary N) is 1. The van der Waals surface area contributed by atoms with Crippen molar-refractivity contribution in [1.82, 2.24) is 0 Å². The molecule has 0 aliphatic rings. The van der Waals surface area contributed by atoms with Crippen LogP contribution in [0.3, 0.4) is 0 Å². The molecule has 0 aromatic carbocycles. The van der Waals surface area contributed by atoms with Crippen molar-refractivity contribution >= 4 is 11.9 Å². The van der Waals surface area contributed by atoms with E-state index in [0.717, 1.165) is 12.8 Å². The average molecular weight is 285 g/mol. The molecular weight excluding hydrogens is 254 g/mol. The van der Waals surface area contributed by atoms with E-state index < -0.39 is 5.97 Å². The highest BCUT2D eigenvalue weighted by Crippen LogP contribution is 2.10. The maximum atomic E-state index is 10.3. The maximum absolute atomic E-state index is 10.3. The molecule has 0 fully saturated rings. The third-order valence-electron chi connectivity index (χ3n) is 3.34. The van der Waals surface area contributed by atoms with Crippen molar-refractivity contribution in [3.63, 3.8) is 0 Å². The lowest BCUT2D eigenvalue weighted by atomic mass is 10.1. The number of ether oxygens (including phenoxy) is 1. The molecule has 0 aromatic heterocycles. The van der Waals surface area contributed by atoms with E-state index in [1.165, 1.54) is 51.4 Å². The Balaban J connectivity index is 3.12. The van der Waals surface area contributed by atoms with E-state index in [9.17, 15) is 4.79 Å². The summed E-state index contributed by atoms with van der Waals surface area (Å²) in [6, 6.07) is 0. The third kappa shape index (κ3) is 15.0. The number of carboxylic acid groups (broad SMARTS) is 1. The van der Waals surface area contributed by atoms with Crippen LogP contribution in [0, 0.1) is 5.41 Å². The molecule has 0 atom stereocenters. The first-order chi connectivity index (χ1) is 9.66. The summed E-state index contributed by atoms with van der Waals surface area (Å²) >= 11 is 0. The van der Waals surface area contributed by atoms with Crippen LogP contribution < -0.4 is 0 Å². The first-order valence-electron chi connectivity index (χ1n) is 8.08. The molecular formula is C16H31NO3. The number of unbranched alkanes of at least 4 members (excludes halogenated alkanes) is 9. The molecule has 0 radical (unpaired) electrons. The minimum Gasteiger partial charge on any atom is -0.481 e. The number of rotatable bonds is 14. The Morgan fingerprint density at radius 1 is 0.900 bits per heavy atom. The zero-order valence-corrected chi connectivity index (χ0v) is 13.0. The maximum Gasteiger partial charge on any atom is 0.303 e. The van der Waals surface area contributed by atoms with Crippen molar-refractivity contribution in [2.24, 2.45) is 0 Å². The quantitative estimate of drug-likeness (QED) is 0.274. The number of carboxylic acids is 1. The number of carbonyl (C=O) groups is 1. The summed E-state index contributed by atoms with van der Waals surface area (Å²) in [5.74, 6) is -0.777. The van der Waals surface area contributed by atoms with Gasteiger partial charge in [0.15, 0.2) is 5.90 Å². The fourth-order valence-electron chi connectivity index (χ4n) is 2.08. The summed E-state index contributed by atoms with van der Waals surface area (Å²) in [4.78, 5) is 10.3. The molecule has 0 aliphatic carbocycles. The highest BCUT2D eigenvalue weighted by molar-refractivity contribution is 5.78. The summed E-state index contributed by atoms with van der Waals surface area (Å²) in [5, 5.41) is 15.9. The van der Waals surface area contributed by atoms with E-state index in [4.69, 9.17) is 15.3 Å². The van der Waals surface area contributed by atoms with E-state index in [2.05, 4.69) is 6.92 Å². The number of hydrogen-bond donors (Lipinski definition) is 2. The molecule has 0 aliphatic heterocycles. The molecule has 0 unspecified atom stereocenters. The zero-order valence-electron chi connectivity index (χ0n) is 13.0. The monoisotopic (exact) mass is 285 g/mol. The summed E-state index contributed by atoms with van der Waals surface area (Å²) in [7, 11) is 0. The second-order valence-electron chi connectivity index (χ2n) is 5.35. The molecule has 2 N–H and O–H groups in total. The average Bonchev–Trinajstić information content (AvgIpc) is 2.42. The largest absolute Gasteiger partial charge is 0.481 e. The van der Waals surface area contributed by atoms with Crippen LogP contribution in [0.2, 0.25) is 0 Å². The van der Waals surface area contributed by atoms with Crippen molar-refractivity contribution < 1.29 is 14.6 Å². The molecule has 0 aromatic rings. The van der Waals surface area contributed by atoms with Crippen LogP contribution in [-0.2, 0) is 9.53 Å². The fourth-order valence-corrected chi connectivity index (χ4v) is 2.08. The molecule has 0 rings (SSSR count). The van der Waals surface area contributed by atoms with Crippen LogP contribution in [0.4, 0.5) is 0 Å². The Kier molecular flexibility index (Phi) is 13.6. The minimum atomic E-state index is -0.878. The predicted octanol–water partition coefficient (Wildman–Crippen LogP) is 4.77. The van der Waals surface area contributed by atoms with Gasteiger partial charge >= 0.3 is 5.97 Å². The van der Waals surface area contributed by atoms with E-state index in [0.29, 0.717) is 6.61 Å². The van der Waals surface area contributed by atoms with Gasteiger partial charge in [-0.15, -0.1) is 0 Å². The van der Waals surface area contributed by atoms with E-state index in [1.807, 2.05) is 0 Å². The van der Waals surface area contributed by atoms with Crippen molar-refractivity contribution in [1.29, 1.82) is 5.41 Å². The lowest BCUT2D eigenvalue weighted by Crippen LogP contribution is -2.07. The van der Waals surface area contributed by atoms with Crippen molar-refractivity contribution in [2.45, 2.75) is 84.0 Å². The first kappa shape index (κ1) is 18.9. The molecule has 4 nitrogen and oxygen atoms in total. The molecule has 0 saturated carbocycles. The first-order valence-corrected chi connectivity index (χ1v) is 8.08. The molecule has 0 bridgehead atoms. The van der Waals surface area contributed by atoms with E-state index in [-0.39, 0.29) is 18.7 Å². The number of aliphatic carboxylic acids is 1. The Labute approximate surface area is 123 Å². The van der Waals surface area contributed by atoms with Gasteiger partial charge in [-0.2, -0.15) is 0 Å². The van der Waals surface area contributed by atoms with E-state index in [1.54, 1.807) is 0 Å². The van der Waals surface area contributed by atoms with Gasteiger partial charge in [0.25, 0.3) is 0 Å². The minimum absolute atomic E-state index is 0.0170. The highest BCUT2D eigenvalue weighted by Gasteiger charge is 2.02. The van der Waals surface area contributed by atoms with Crippen LogP contribution in [-0.4, -0.2) is 23.6 Å². The molecule has 0 saturated heterocycles. The van der Waals surface area contributed by atoms with Gasteiger partial charge in [-0.3, -0.25) is 10.2 Å². The van der Waals surface area contributed by atoms with Gasteiger partial charge in [0, 0.05) is 6.42 Å². The lowest BCUT2D eigenvalue weighted by molar-refractivity contribution is -0.136. The van der Waals surface area contributed by atoms with Crippen molar-refractivity contribution in [3.8, 4) is 0 Å². The predicted molar refractivity (Wildman–Crippen MR) is 82.4 cm³/mol. The third-order valence-corrected chi connectivity index (χ3v) is 3.34. The standard InChI is InChI=1S/C16H31NO3/c1-2-3-4-5-6-7-8-9-10-11-14-20-15(17)12-13-16(18)19/h17H,2-14H2,1H3,(H,18,19). The van der Waals surface area contributed by atoms with Gasteiger partial charge in [-0.25, -0.2) is 0 Å². The van der Waals surface area contributed by atoms with Crippen LogP contribution in [0.5, 0.6) is 0 Å². The van der Waals surface area contributed by atoms with Gasteiger partial charge in [-0.05, 0) is 6.42 Å². The van der Waals surface area contributed by atoms with Crippen LogP contribution in [0.25, 0.3) is 0 Å². The van der Waals surface area contributed by atoms with Gasteiger partial charge in [0.1, 0.15) is 0 Å². The topological polar surface area (TPSA) is 70.4 Å². The number of hydrogen-bond acceptors (Lipinski definition) is 3. The lowest BCUT2D eigenvalue weighted by Gasteiger charge is -2.06. The van der Waals surface area contributed by atoms with Crippen LogP contribution in [0.1, 0.15) is 84.0 Å². The van der Waals surface area contributed by atoms with Gasteiger partial charge in [-0.1, -0.05) is 64.7 Å². The Morgan fingerprint density at radius 2 is 1.40 bits per heavy atom. The molecule has 20 heavy (non-hydrogen) atoms. The van der Waals surface area contributed by atoms with Gasteiger partial charge in [0.2, 0.25) is 0 Å². The Hall–Kier alpha value is -1.06. The Morgan fingerprint density at radius 3 is 1.90 bits per heavy atom. The summed E-state index contributed by atoms with van der Waals surface area (Å²) in [5.41, 5.74) is 0. The van der Waals surface area contributed by atoms with Crippen molar-refractivity contribution in [3.05, 3.63) is 0 Å². The summed E-state index contributed by atoms with van der Waals surface area (Å²) < 4.78 is 5.18. The van der Waals surface area contributed by atoms with Crippen LogP contribution in [0.15, 0.2) is 0 Å². The summed E-state index contributed by atoms with van der Waals surface area (Å²) in [6.45, 7) is 2.79. The van der Waals surface area contributed by atoms with Gasteiger partial charge in [0.05, 0.1) is 13.0 Å². The molecule has 118 valence electrons. The fraction of sp³-hybridized carbons (Fsp3) is 0.875. The second-order valence-corrected chi connectivity index (χ2v) is 5.35. The highest BCUT2D eigenvalue weighted by atomic mass is 16.5. The molecule has 4 heteroatoms. The smallest absolute Gasteiger partial charge is 0.303 e. The molecule has 0 heterocycles. The van der Waals surface area contributed by atoms with Gasteiger partial charge < -0.3 is 9.84 Å². The normalized spacial score (nSPS) is 10.4. The second kappa shape index (κ2) is 14.4. The zero-order chi connectivity index (χ0) is 15.1. The van der Waals surface area contributed by atoms with Crippen LogP contribution >= 0.6 is 0 Å². The SMILES string of the molecule is CCCCCCCCCCCCOC(=N)CCC(=O)O.